The smallest absolute Gasteiger partial charge is 0.410 e. The van der Waals surface area contributed by atoms with Gasteiger partial charge in [-0.1, -0.05) is 38.1 Å². The van der Waals surface area contributed by atoms with Crippen molar-refractivity contribution in [3.63, 3.8) is 0 Å². The van der Waals surface area contributed by atoms with Gasteiger partial charge in [-0.25, -0.2) is 4.79 Å². The average molecular weight is 385 g/mol. The molecule has 5 nitrogen and oxygen atoms in total. The van der Waals surface area contributed by atoms with Crippen LogP contribution in [0.25, 0.3) is 0 Å². The van der Waals surface area contributed by atoms with Crippen LogP contribution in [0.2, 0.25) is 0 Å². The molecule has 1 unspecified atom stereocenters. The number of para-hydroxylation sites is 1. The fourth-order valence-electron chi connectivity index (χ4n) is 3.09. The van der Waals surface area contributed by atoms with Gasteiger partial charge in [-0.3, -0.25) is 9.88 Å². The molecule has 0 saturated carbocycles. The number of benzene rings is 1. The first-order valence-corrected chi connectivity index (χ1v) is 9.85. The number of carbonyl (C=O) groups is 1. The van der Waals surface area contributed by atoms with Crippen LogP contribution in [0.5, 0.6) is 5.75 Å². The lowest BCUT2D eigenvalue weighted by molar-refractivity contribution is 0.0134. The Hall–Kier alpha value is -2.56. The Morgan fingerprint density at radius 1 is 1.14 bits per heavy atom. The number of aromatic hydroxyl groups is 1. The van der Waals surface area contributed by atoms with Gasteiger partial charge in [0.05, 0.1) is 11.7 Å². The Morgan fingerprint density at radius 2 is 1.82 bits per heavy atom. The number of rotatable bonds is 7. The van der Waals surface area contributed by atoms with Gasteiger partial charge in [0, 0.05) is 12.7 Å². The van der Waals surface area contributed by atoms with Gasteiger partial charge < -0.3 is 9.84 Å². The standard InChI is InChI=1S/C23H32N2O3/c1-17(2)16-20(19-11-8-9-14-24-19)25(22(27)28-23(3,4)5)15-13-18-10-6-7-12-21(18)26/h6-12,14,17,20,26H,13,15-16H2,1-5H3. The Balaban J connectivity index is 2.33. The summed E-state index contributed by atoms with van der Waals surface area (Å²) in [6, 6.07) is 12.8. The summed E-state index contributed by atoms with van der Waals surface area (Å²) < 4.78 is 5.70. The lowest BCUT2D eigenvalue weighted by atomic mass is 9.98. The molecule has 1 heterocycles. The molecule has 0 spiro atoms. The van der Waals surface area contributed by atoms with E-state index in [-0.39, 0.29) is 17.9 Å². The largest absolute Gasteiger partial charge is 0.508 e. The van der Waals surface area contributed by atoms with E-state index in [1.807, 2.05) is 51.1 Å². The summed E-state index contributed by atoms with van der Waals surface area (Å²) >= 11 is 0. The van der Waals surface area contributed by atoms with Gasteiger partial charge in [-0.05, 0) is 63.3 Å². The van der Waals surface area contributed by atoms with Crippen molar-refractivity contribution in [1.82, 2.24) is 9.88 Å². The van der Waals surface area contributed by atoms with Crippen molar-refractivity contribution < 1.29 is 14.6 Å². The number of hydrogen-bond acceptors (Lipinski definition) is 4. The molecule has 0 aliphatic carbocycles. The second kappa shape index (κ2) is 9.58. The quantitative estimate of drug-likeness (QED) is 0.698. The van der Waals surface area contributed by atoms with Gasteiger partial charge >= 0.3 is 6.09 Å². The van der Waals surface area contributed by atoms with Crippen LogP contribution in [-0.4, -0.2) is 33.2 Å². The normalized spacial score (nSPS) is 12.6. The summed E-state index contributed by atoms with van der Waals surface area (Å²) in [5.41, 5.74) is 1.07. The number of carbonyl (C=O) groups excluding carboxylic acids is 1. The molecule has 152 valence electrons. The van der Waals surface area contributed by atoms with Crippen LogP contribution in [0.1, 0.15) is 58.3 Å². The highest BCUT2D eigenvalue weighted by Crippen LogP contribution is 2.29. The van der Waals surface area contributed by atoms with Crippen molar-refractivity contribution in [3.8, 4) is 5.75 Å². The molecule has 0 aliphatic rings. The van der Waals surface area contributed by atoms with Crippen LogP contribution in [0, 0.1) is 5.92 Å². The third-order valence-electron chi connectivity index (χ3n) is 4.34. The summed E-state index contributed by atoms with van der Waals surface area (Å²) in [5, 5.41) is 10.1. The number of ether oxygens (including phenoxy) is 1. The molecular formula is C23H32N2O3. The number of aromatic nitrogens is 1. The number of nitrogens with zero attached hydrogens (tertiary/aromatic N) is 2. The van der Waals surface area contributed by atoms with Gasteiger partial charge in [0.15, 0.2) is 0 Å². The molecule has 1 aromatic heterocycles. The van der Waals surface area contributed by atoms with Crippen LogP contribution >= 0.6 is 0 Å². The molecule has 28 heavy (non-hydrogen) atoms. The maximum atomic E-state index is 13.1. The van der Waals surface area contributed by atoms with Crippen molar-refractivity contribution in [1.29, 1.82) is 0 Å². The minimum absolute atomic E-state index is 0.193. The molecule has 1 aromatic carbocycles. The minimum atomic E-state index is -0.587. The van der Waals surface area contributed by atoms with Gasteiger partial charge in [-0.15, -0.1) is 0 Å². The minimum Gasteiger partial charge on any atom is -0.508 e. The molecule has 1 N–H and O–H groups in total. The summed E-state index contributed by atoms with van der Waals surface area (Å²) in [5.74, 6) is 0.618. The Bertz CT molecular complexity index is 754. The van der Waals surface area contributed by atoms with Crippen molar-refractivity contribution in [2.45, 2.75) is 59.1 Å². The summed E-state index contributed by atoms with van der Waals surface area (Å²) in [4.78, 5) is 19.3. The molecular weight excluding hydrogens is 352 g/mol. The van der Waals surface area contributed by atoms with E-state index in [1.165, 1.54) is 0 Å². The molecule has 2 rings (SSSR count). The topological polar surface area (TPSA) is 62.7 Å². The first kappa shape index (κ1) is 21.7. The number of hydrogen-bond donors (Lipinski definition) is 1. The number of amides is 1. The lowest BCUT2D eigenvalue weighted by Crippen LogP contribution is -2.41. The molecule has 1 amide bonds. The highest BCUT2D eigenvalue weighted by atomic mass is 16.6. The lowest BCUT2D eigenvalue weighted by Gasteiger charge is -2.34. The molecule has 0 fully saturated rings. The summed E-state index contributed by atoms with van der Waals surface area (Å²) in [7, 11) is 0. The van der Waals surface area contributed by atoms with Gasteiger partial charge in [0.2, 0.25) is 0 Å². The van der Waals surface area contributed by atoms with E-state index in [0.29, 0.717) is 18.9 Å². The SMILES string of the molecule is CC(C)CC(c1ccccn1)N(CCc1ccccc1O)C(=O)OC(C)(C)C. The van der Waals surface area contributed by atoms with Crippen LogP contribution in [-0.2, 0) is 11.2 Å². The fourth-order valence-corrected chi connectivity index (χ4v) is 3.09. The summed E-state index contributed by atoms with van der Waals surface area (Å²) in [6.45, 7) is 10.3. The van der Waals surface area contributed by atoms with E-state index in [9.17, 15) is 9.90 Å². The second-order valence-corrected chi connectivity index (χ2v) is 8.45. The molecule has 5 heteroatoms. The van der Waals surface area contributed by atoms with E-state index >= 15 is 0 Å². The fraction of sp³-hybridized carbons (Fsp3) is 0.478. The van der Waals surface area contributed by atoms with Crippen molar-refractivity contribution in [3.05, 3.63) is 59.9 Å². The highest BCUT2D eigenvalue weighted by Gasteiger charge is 2.30. The molecule has 0 bridgehead atoms. The van der Waals surface area contributed by atoms with Gasteiger partial charge in [0.1, 0.15) is 11.4 Å². The Morgan fingerprint density at radius 3 is 2.39 bits per heavy atom. The second-order valence-electron chi connectivity index (χ2n) is 8.45. The first-order valence-electron chi connectivity index (χ1n) is 9.85. The van der Waals surface area contributed by atoms with Crippen molar-refractivity contribution in [2.75, 3.05) is 6.54 Å². The van der Waals surface area contributed by atoms with E-state index in [1.54, 1.807) is 23.2 Å². The maximum absolute atomic E-state index is 13.1. The number of phenols is 1. The predicted molar refractivity (Wildman–Crippen MR) is 111 cm³/mol. The zero-order chi connectivity index (χ0) is 20.7. The first-order chi connectivity index (χ1) is 13.2. The van der Waals surface area contributed by atoms with Crippen LogP contribution in [0.4, 0.5) is 4.79 Å². The molecule has 2 aromatic rings. The van der Waals surface area contributed by atoms with Crippen molar-refractivity contribution in [2.24, 2.45) is 5.92 Å². The van der Waals surface area contributed by atoms with Crippen LogP contribution in [0.3, 0.4) is 0 Å². The number of pyridine rings is 1. The third kappa shape index (κ3) is 6.55. The number of phenolic OH excluding ortho intramolecular Hbond substituents is 1. The van der Waals surface area contributed by atoms with Crippen LogP contribution < -0.4 is 0 Å². The van der Waals surface area contributed by atoms with Crippen molar-refractivity contribution >= 4 is 6.09 Å². The van der Waals surface area contributed by atoms with E-state index in [0.717, 1.165) is 17.7 Å². The van der Waals surface area contributed by atoms with E-state index in [2.05, 4.69) is 18.8 Å². The molecule has 0 radical (unpaired) electrons. The third-order valence-corrected chi connectivity index (χ3v) is 4.34. The zero-order valence-electron chi connectivity index (χ0n) is 17.6. The van der Waals surface area contributed by atoms with Gasteiger partial charge in [0.25, 0.3) is 0 Å². The maximum Gasteiger partial charge on any atom is 0.410 e. The Labute approximate surface area is 168 Å². The molecule has 0 aliphatic heterocycles. The van der Waals surface area contributed by atoms with Gasteiger partial charge in [-0.2, -0.15) is 0 Å². The highest BCUT2D eigenvalue weighted by molar-refractivity contribution is 5.69. The van der Waals surface area contributed by atoms with E-state index in [4.69, 9.17) is 4.74 Å². The monoisotopic (exact) mass is 384 g/mol. The van der Waals surface area contributed by atoms with Crippen LogP contribution in [0.15, 0.2) is 48.7 Å². The summed E-state index contributed by atoms with van der Waals surface area (Å²) in [6.07, 6.45) is 2.70. The Kier molecular flexibility index (Phi) is 7.44. The van der Waals surface area contributed by atoms with E-state index < -0.39 is 5.60 Å². The average Bonchev–Trinajstić information content (AvgIpc) is 2.61. The molecule has 0 saturated heterocycles. The molecule has 1 atom stereocenters. The predicted octanol–water partition coefficient (Wildman–Crippen LogP) is 5.35. The zero-order valence-corrected chi connectivity index (χ0v) is 17.6.